The van der Waals surface area contributed by atoms with Crippen molar-refractivity contribution in [2.75, 3.05) is 7.11 Å². The number of rotatable bonds is 3. The summed E-state index contributed by atoms with van der Waals surface area (Å²) in [6, 6.07) is 4.89. The first-order valence-corrected chi connectivity index (χ1v) is 4.06. The van der Waals surface area contributed by atoms with Gasteiger partial charge in [0.2, 0.25) is 0 Å². The number of aliphatic hydroxyl groups excluding tert-OH is 1. The van der Waals surface area contributed by atoms with Crippen LogP contribution in [0.15, 0.2) is 36.6 Å². The number of aromatic hydroxyl groups is 1. The number of ether oxygens (including phenoxy) is 1. The maximum atomic E-state index is 9.30. The van der Waals surface area contributed by atoms with Crippen molar-refractivity contribution < 1.29 is 14.9 Å². The van der Waals surface area contributed by atoms with E-state index in [2.05, 4.69) is 6.58 Å². The molecule has 2 N–H and O–H groups in total. The van der Waals surface area contributed by atoms with Crippen LogP contribution >= 0.6 is 0 Å². The van der Waals surface area contributed by atoms with Crippen LogP contribution in [0.2, 0.25) is 0 Å². The fraction of sp³-hybridized carbons (Fsp3) is 0.0909. The van der Waals surface area contributed by atoms with Crippen LogP contribution in [0, 0.1) is 0 Å². The molecular weight excluding hydrogens is 180 g/mol. The largest absolute Gasteiger partial charge is 0.509 e. The molecule has 3 nitrogen and oxygen atoms in total. The van der Waals surface area contributed by atoms with E-state index in [9.17, 15) is 5.11 Å². The molecule has 0 heterocycles. The SMILES string of the molecule is C=C(O)/C=C/c1ccc(O)c(OC)c1. The van der Waals surface area contributed by atoms with Crippen LogP contribution < -0.4 is 4.74 Å². The summed E-state index contributed by atoms with van der Waals surface area (Å²) >= 11 is 0. The van der Waals surface area contributed by atoms with Crippen LogP contribution in [0.3, 0.4) is 0 Å². The predicted molar refractivity (Wildman–Crippen MR) is 55.5 cm³/mol. The minimum atomic E-state index is -0.0166. The second-order valence-electron chi connectivity index (χ2n) is 2.76. The Labute approximate surface area is 82.6 Å². The van der Waals surface area contributed by atoms with Gasteiger partial charge in [-0.25, -0.2) is 0 Å². The number of benzene rings is 1. The van der Waals surface area contributed by atoms with Gasteiger partial charge in [-0.05, 0) is 23.8 Å². The number of hydrogen-bond donors (Lipinski definition) is 2. The van der Waals surface area contributed by atoms with Crippen LogP contribution in [0.1, 0.15) is 5.56 Å². The average Bonchev–Trinajstić information content (AvgIpc) is 2.16. The average molecular weight is 192 g/mol. The molecule has 0 fully saturated rings. The molecule has 0 radical (unpaired) electrons. The molecule has 0 amide bonds. The molecule has 0 aliphatic rings. The molecule has 74 valence electrons. The Hall–Kier alpha value is -1.90. The molecule has 0 bridgehead atoms. The number of phenolic OH excluding ortho intramolecular Hbond substituents is 1. The lowest BCUT2D eigenvalue weighted by Crippen LogP contribution is -1.84. The van der Waals surface area contributed by atoms with E-state index in [0.717, 1.165) is 5.56 Å². The minimum Gasteiger partial charge on any atom is -0.509 e. The van der Waals surface area contributed by atoms with Crippen molar-refractivity contribution in [2.24, 2.45) is 0 Å². The van der Waals surface area contributed by atoms with Crippen LogP contribution in [0.25, 0.3) is 6.08 Å². The third kappa shape index (κ3) is 2.55. The summed E-state index contributed by atoms with van der Waals surface area (Å²) in [6.45, 7) is 3.32. The highest BCUT2D eigenvalue weighted by Crippen LogP contribution is 2.26. The molecule has 0 aliphatic carbocycles. The normalized spacial score (nSPS) is 10.4. The van der Waals surface area contributed by atoms with Crippen molar-refractivity contribution >= 4 is 6.08 Å². The molecule has 1 aromatic carbocycles. The van der Waals surface area contributed by atoms with Crippen LogP contribution in [0.4, 0.5) is 0 Å². The fourth-order valence-electron chi connectivity index (χ4n) is 0.990. The van der Waals surface area contributed by atoms with E-state index in [1.165, 1.54) is 19.3 Å². The number of phenols is 1. The lowest BCUT2D eigenvalue weighted by molar-refractivity contribution is 0.373. The monoisotopic (exact) mass is 192 g/mol. The summed E-state index contributed by atoms with van der Waals surface area (Å²) in [5.41, 5.74) is 0.815. The van der Waals surface area contributed by atoms with Gasteiger partial charge in [-0.2, -0.15) is 0 Å². The first kappa shape index (κ1) is 10.2. The van der Waals surface area contributed by atoms with E-state index in [4.69, 9.17) is 9.84 Å². The molecular formula is C11H12O3. The Kier molecular flexibility index (Phi) is 3.18. The summed E-state index contributed by atoms with van der Waals surface area (Å²) in [5, 5.41) is 18.1. The van der Waals surface area contributed by atoms with E-state index in [1.807, 2.05) is 0 Å². The maximum absolute atomic E-state index is 9.30. The minimum absolute atomic E-state index is 0.0166. The summed E-state index contributed by atoms with van der Waals surface area (Å²) in [7, 11) is 1.48. The van der Waals surface area contributed by atoms with E-state index >= 15 is 0 Å². The van der Waals surface area contributed by atoms with E-state index in [1.54, 1.807) is 18.2 Å². The van der Waals surface area contributed by atoms with Gasteiger partial charge >= 0.3 is 0 Å². The molecule has 3 heteroatoms. The Morgan fingerprint density at radius 3 is 2.79 bits per heavy atom. The predicted octanol–water partition coefficient (Wildman–Crippen LogP) is 2.49. The van der Waals surface area contributed by atoms with Crippen molar-refractivity contribution in [3.05, 3.63) is 42.2 Å². The highest BCUT2D eigenvalue weighted by atomic mass is 16.5. The van der Waals surface area contributed by atoms with Crippen LogP contribution in [-0.4, -0.2) is 17.3 Å². The molecule has 0 spiro atoms. The van der Waals surface area contributed by atoms with Gasteiger partial charge in [0.1, 0.15) is 5.76 Å². The molecule has 1 rings (SSSR count). The lowest BCUT2D eigenvalue weighted by Gasteiger charge is -2.03. The molecule has 0 unspecified atom stereocenters. The van der Waals surface area contributed by atoms with Crippen LogP contribution in [-0.2, 0) is 0 Å². The lowest BCUT2D eigenvalue weighted by atomic mass is 10.2. The first-order valence-electron chi connectivity index (χ1n) is 4.06. The summed E-state index contributed by atoms with van der Waals surface area (Å²) < 4.78 is 4.92. The van der Waals surface area contributed by atoms with Gasteiger partial charge in [0.25, 0.3) is 0 Å². The fourth-order valence-corrected chi connectivity index (χ4v) is 0.990. The summed E-state index contributed by atoms with van der Waals surface area (Å²) in [4.78, 5) is 0. The summed E-state index contributed by atoms with van der Waals surface area (Å²) in [6.07, 6.45) is 3.14. The van der Waals surface area contributed by atoms with E-state index in [0.29, 0.717) is 5.75 Å². The zero-order valence-corrected chi connectivity index (χ0v) is 7.90. The molecule has 0 aliphatic heterocycles. The number of aliphatic hydroxyl groups is 1. The molecule has 1 aromatic rings. The summed E-state index contributed by atoms with van der Waals surface area (Å²) in [5.74, 6) is 0.472. The highest BCUT2D eigenvalue weighted by Gasteiger charge is 1.99. The number of allylic oxidation sites excluding steroid dienone is 1. The Bertz CT molecular complexity index is 367. The molecule has 0 saturated carbocycles. The standard InChI is InChI=1S/C11H12O3/c1-8(12)3-4-9-5-6-10(13)11(7-9)14-2/h3-7,12-13H,1H2,2H3/b4-3+. The molecule has 14 heavy (non-hydrogen) atoms. The van der Waals surface area contributed by atoms with Gasteiger partial charge in [-0.1, -0.05) is 18.7 Å². The quantitative estimate of drug-likeness (QED) is 0.571. The highest BCUT2D eigenvalue weighted by molar-refractivity contribution is 5.56. The van der Waals surface area contributed by atoms with Crippen LogP contribution in [0.5, 0.6) is 11.5 Å². The molecule has 0 atom stereocenters. The Balaban J connectivity index is 2.95. The van der Waals surface area contributed by atoms with E-state index in [-0.39, 0.29) is 11.5 Å². The second-order valence-corrected chi connectivity index (χ2v) is 2.76. The Morgan fingerprint density at radius 2 is 2.21 bits per heavy atom. The van der Waals surface area contributed by atoms with Crippen molar-refractivity contribution in [3.8, 4) is 11.5 Å². The van der Waals surface area contributed by atoms with Gasteiger partial charge in [0, 0.05) is 0 Å². The number of hydrogen-bond acceptors (Lipinski definition) is 3. The zero-order chi connectivity index (χ0) is 10.6. The second kappa shape index (κ2) is 4.37. The van der Waals surface area contributed by atoms with Gasteiger partial charge < -0.3 is 14.9 Å². The van der Waals surface area contributed by atoms with Crippen molar-refractivity contribution in [1.82, 2.24) is 0 Å². The van der Waals surface area contributed by atoms with Gasteiger partial charge in [0.05, 0.1) is 7.11 Å². The van der Waals surface area contributed by atoms with Crippen molar-refractivity contribution in [2.45, 2.75) is 0 Å². The number of methoxy groups -OCH3 is 1. The topological polar surface area (TPSA) is 49.7 Å². The zero-order valence-electron chi connectivity index (χ0n) is 7.90. The van der Waals surface area contributed by atoms with Crippen molar-refractivity contribution in [1.29, 1.82) is 0 Å². The molecule has 0 aromatic heterocycles. The van der Waals surface area contributed by atoms with E-state index < -0.39 is 0 Å². The third-order valence-corrected chi connectivity index (χ3v) is 1.67. The van der Waals surface area contributed by atoms with Gasteiger partial charge in [-0.3, -0.25) is 0 Å². The molecule has 0 saturated heterocycles. The first-order chi connectivity index (χ1) is 6.63. The maximum Gasteiger partial charge on any atom is 0.161 e. The smallest absolute Gasteiger partial charge is 0.161 e. The van der Waals surface area contributed by atoms with Gasteiger partial charge in [0.15, 0.2) is 11.5 Å². The van der Waals surface area contributed by atoms with Crippen molar-refractivity contribution in [3.63, 3.8) is 0 Å². The Morgan fingerprint density at radius 1 is 1.50 bits per heavy atom. The van der Waals surface area contributed by atoms with Gasteiger partial charge in [-0.15, -0.1) is 0 Å². The third-order valence-electron chi connectivity index (χ3n) is 1.67.